The molecule has 2 aliphatic rings. The number of aliphatic carboxylic acids is 1. The highest BCUT2D eigenvalue weighted by Crippen LogP contribution is 2.49. The van der Waals surface area contributed by atoms with E-state index in [2.05, 4.69) is 24.8 Å². The monoisotopic (exact) mass is 597 g/mol. The molecule has 0 radical (unpaired) electrons. The molecule has 1 fully saturated rings. The van der Waals surface area contributed by atoms with Crippen molar-refractivity contribution in [2.75, 3.05) is 12.8 Å². The van der Waals surface area contributed by atoms with Crippen LogP contribution in [0, 0.1) is 0 Å². The number of benzene rings is 1. The Morgan fingerprint density at radius 2 is 2.22 bits per heavy atom. The van der Waals surface area contributed by atoms with E-state index in [0.717, 1.165) is 33.6 Å². The summed E-state index contributed by atoms with van der Waals surface area (Å²) in [5.74, 6) is -1.99. The third kappa shape index (κ3) is 4.98. The van der Waals surface area contributed by atoms with Crippen LogP contribution in [0.25, 0.3) is 10.2 Å². The van der Waals surface area contributed by atoms with Crippen molar-refractivity contribution in [2.24, 2.45) is 5.16 Å². The molecule has 2 amide bonds. The third-order valence-corrected chi connectivity index (χ3v) is 9.78. The van der Waals surface area contributed by atoms with Crippen LogP contribution >= 0.6 is 58.0 Å². The van der Waals surface area contributed by atoms with Gasteiger partial charge in [-0.15, -0.1) is 34.7 Å². The van der Waals surface area contributed by atoms with Crippen molar-refractivity contribution in [1.29, 1.82) is 0 Å². The van der Waals surface area contributed by atoms with E-state index < -0.39 is 22.6 Å². The summed E-state index contributed by atoms with van der Waals surface area (Å²) in [6.45, 7) is 0. The lowest BCUT2D eigenvalue weighted by Gasteiger charge is -2.46. The maximum absolute atomic E-state index is 13.2. The molecular weight excluding hydrogens is 582 g/mol. The smallest absolute Gasteiger partial charge is 0.353 e. The molecule has 2 aliphatic heterocycles. The third-order valence-electron chi connectivity index (χ3n) is 5.21. The lowest BCUT2D eigenvalue weighted by atomic mass is 10.1. The number of halogens is 1. The number of carboxylic acid groups (broad SMARTS) is 1. The van der Waals surface area contributed by atoms with Crippen LogP contribution in [0.15, 0.2) is 38.3 Å². The van der Waals surface area contributed by atoms with E-state index in [-0.39, 0.29) is 39.6 Å². The quantitative estimate of drug-likeness (QED) is 0.151. The molecule has 1 unspecified atom stereocenters. The number of hydrogen-bond acceptors (Lipinski definition) is 13. The normalized spacial score (nSPS) is 19.6. The molecule has 0 saturated carbocycles. The number of thiazole rings is 1. The Labute approximate surface area is 230 Å². The van der Waals surface area contributed by atoms with E-state index in [4.69, 9.17) is 22.2 Å². The highest BCUT2D eigenvalue weighted by atomic mass is 35.5. The minimum atomic E-state index is -1.29. The van der Waals surface area contributed by atoms with E-state index in [1.54, 1.807) is 0 Å². The summed E-state index contributed by atoms with van der Waals surface area (Å²) >= 11 is 10.5. The number of alkyl halides is 1. The highest BCUT2D eigenvalue weighted by Gasteiger charge is 2.49. The first kappa shape index (κ1) is 25.7. The number of β-lactam (4-membered cyclic amide) rings is 1. The number of anilines is 1. The molecular formula is C20H16ClN7O5S4. The maximum atomic E-state index is 13.2. The van der Waals surface area contributed by atoms with Gasteiger partial charge < -0.3 is 21.0 Å². The SMILES string of the molecule is CON=C(C(=O)NC1S[C@H]2CC(=O)N2C(C(=O)O)=C1Sc1nc2cc(CCl)ccc2s1)c1nsc(N)n1. The van der Waals surface area contributed by atoms with Gasteiger partial charge in [-0.2, -0.15) is 9.36 Å². The second-order valence-corrected chi connectivity index (χ2v) is 12.2. The Morgan fingerprint density at radius 3 is 2.86 bits per heavy atom. The molecule has 12 nitrogen and oxygen atoms in total. The number of fused-ring (bicyclic) bond motifs is 2. The molecule has 4 heterocycles. The Bertz CT molecular complexity index is 1490. The zero-order valence-electron chi connectivity index (χ0n) is 18.7. The van der Waals surface area contributed by atoms with Gasteiger partial charge in [0.25, 0.3) is 5.91 Å². The zero-order chi connectivity index (χ0) is 26.3. The molecule has 1 saturated heterocycles. The van der Waals surface area contributed by atoms with Crippen molar-refractivity contribution < 1.29 is 24.3 Å². The number of nitrogens with two attached hydrogens (primary N) is 1. The summed E-state index contributed by atoms with van der Waals surface area (Å²) in [4.78, 5) is 52.8. The fourth-order valence-corrected chi connectivity index (χ4v) is 7.99. The number of nitrogens with zero attached hydrogens (tertiary/aromatic N) is 5. The number of carboxylic acids is 1. The van der Waals surface area contributed by atoms with Crippen LogP contribution in [-0.4, -0.2) is 65.7 Å². The van der Waals surface area contributed by atoms with Gasteiger partial charge in [-0.1, -0.05) is 23.0 Å². The molecule has 0 spiro atoms. The van der Waals surface area contributed by atoms with Crippen molar-refractivity contribution >= 4 is 96.8 Å². The van der Waals surface area contributed by atoms with Gasteiger partial charge in [0, 0.05) is 17.4 Å². The summed E-state index contributed by atoms with van der Waals surface area (Å²) in [6, 6.07) is 5.65. The first-order valence-corrected chi connectivity index (χ1v) is 14.3. The molecule has 192 valence electrons. The van der Waals surface area contributed by atoms with Gasteiger partial charge in [-0.3, -0.25) is 14.5 Å². The maximum Gasteiger partial charge on any atom is 0.353 e. The number of carbonyl (C=O) groups is 3. The second kappa shape index (κ2) is 10.4. The van der Waals surface area contributed by atoms with Crippen LogP contribution in [0.5, 0.6) is 0 Å². The molecule has 5 rings (SSSR count). The Kier molecular flexibility index (Phi) is 7.26. The number of rotatable bonds is 8. The van der Waals surface area contributed by atoms with Crippen molar-refractivity contribution in [1.82, 2.24) is 24.6 Å². The summed E-state index contributed by atoms with van der Waals surface area (Å²) in [5, 5.41) is 15.5. The molecule has 0 bridgehead atoms. The first-order valence-electron chi connectivity index (χ1n) is 10.4. The van der Waals surface area contributed by atoms with Gasteiger partial charge >= 0.3 is 5.97 Å². The first-order chi connectivity index (χ1) is 17.8. The number of nitrogen functional groups attached to an aromatic ring is 1. The average Bonchev–Trinajstić information content (AvgIpc) is 3.47. The molecule has 3 aromatic rings. The predicted octanol–water partition coefficient (Wildman–Crippen LogP) is 2.66. The average molecular weight is 598 g/mol. The lowest BCUT2D eigenvalue weighted by molar-refractivity contribution is -0.146. The van der Waals surface area contributed by atoms with Crippen molar-refractivity contribution in [3.05, 3.63) is 40.2 Å². The zero-order valence-corrected chi connectivity index (χ0v) is 22.7. The summed E-state index contributed by atoms with van der Waals surface area (Å²) in [5.41, 5.74) is 6.84. The van der Waals surface area contributed by atoms with Crippen LogP contribution in [0.4, 0.5) is 5.13 Å². The number of hydrogen-bond donors (Lipinski definition) is 3. The minimum Gasteiger partial charge on any atom is -0.477 e. The topological polar surface area (TPSA) is 173 Å². The van der Waals surface area contributed by atoms with E-state index in [0.29, 0.717) is 15.7 Å². The Morgan fingerprint density at radius 1 is 1.41 bits per heavy atom. The Balaban J connectivity index is 1.51. The van der Waals surface area contributed by atoms with Crippen molar-refractivity contribution in [3.8, 4) is 0 Å². The fourth-order valence-electron chi connectivity index (χ4n) is 3.60. The molecule has 17 heteroatoms. The van der Waals surface area contributed by atoms with Crippen molar-refractivity contribution in [2.45, 2.75) is 27.4 Å². The van der Waals surface area contributed by atoms with Crippen LogP contribution in [-0.2, 0) is 25.1 Å². The van der Waals surface area contributed by atoms with Gasteiger partial charge in [-0.25, -0.2) is 9.78 Å². The van der Waals surface area contributed by atoms with Crippen LogP contribution < -0.4 is 11.1 Å². The van der Waals surface area contributed by atoms with Crippen LogP contribution in [0.1, 0.15) is 17.8 Å². The van der Waals surface area contributed by atoms with Crippen molar-refractivity contribution in [3.63, 3.8) is 0 Å². The number of aromatic nitrogens is 3. The standard InChI is InChI=1S/C20H16ClN7O5S4/c1-33-26-12(15-24-19(22)37-27-15)16(30)25-17-14(13(18(31)32)28-10(29)5-11(28)35-17)36-20-23-8-4-7(6-21)2-3-9(8)34-20/h2-4,11,17H,5-6H2,1H3,(H,25,30)(H,31,32)(H2,22,24,27)/t11-,17?/m0/s1. The highest BCUT2D eigenvalue weighted by molar-refractivity contribution is 8.07. The van der Waals surface area contributed by atoms with E-state index in [9.17, 15) is 19.5 Å². The summed E-state index contributed by atoms with van der Waals surface area (Å²) in [7, 11) is 1.27. The lowest BCUT2D eigenvalue weighted by Crippen LogP contribution is -2.57. The van der Waals surface area contributed by atoms with E-state index in [1.807, 2.05) is 18.2 Å². The van der Waals surface area contributed by atoms with Gasteiger partial charge in [-0.05, 0) is 17.7 Å². The molecule has 37 heavy (non-hydrogen) atoms. The second-order valence-electron chi connectivity index (χ2n) is 7.53. The van der Waals surface area contributed by atoms with Gasteiger partial charge in [0.05, 0.1) is 26.9 Å². The van der Waals surface area contributed by atoms with E-state index >= 15 is 0 Å². The number of oxime groups is 1. The van der Waals surface area contributed by atoms with Gasteiger partial charge in [0.2, 0.25) is 17.4 Å². The number of thioether (sulfide) groups is 2. The predicted molar refractivity (Wildman–Crippen MR) is 142 cm³/mol. The number of carbonyl (C=O) groups excluding carboxylic acids is 2. The van der Waals surface area contributed by atoms with E-state index in [1.165, 1.54) is 35.1 Å². The molecule has 2 atom stereocenters. The van der Waals surface area contributed by atoms with Gasteiger partial charge in [0.15, 0.2) is 9.47 Å². The van der Waals surface area contributed by atoms with Crippen LogP contribution in [0.3, 0.4) is 0 Å². The minimum absolute atomic E-state index is 0.0268. The molecule has 1 aromatic carbocycles. The summed E-state index contributed by atoms with van der Waals surface area (Å²) < 4.78 is 5.44. The Hall–Kier alpha value is -2.92. The van der Waals surface area contributed by atoms with Gasteiger partial charge in [0.1, 0.15) is 18.2 Å². The molecule has 0 aliphatic carbocycles. The fraction of sp³-hybridized carbons (Fsp3) is 0.250. The largest absolute Gasteiger partial charge is 0.477 e. The van der Waals surface area contributed by atoms with Crippen LogP contribution in [0.2, 0.25) is 0 Å². The summed E-state index contributed by atoms with van der Waals surface area (Å²) in [6.07, 6.45) is 0.150. The molecule has 4 N–H and O–H groups in total. The molecule has 2 aromatic heterocycles. The number of nitrogens with one attached hydrogen (secondary N) is 1. The number of amides is 2.